The zero-order valence-electron chi connectivity index (χ0n) is 11.7. The molecule has 0 unspecified atom stereocenters. The van der Waals surface area contributed by atoms with Crippen molar-refractivity contribution in [1.29, 1.82) is 0 Å². The van der Waals surface area contributed by atoms with Gasteiger partial charge >= 0.3 is 6.18 Å². The molecule has 1 amide bonds. The number of carbonyl (C=O) groups is 1. The Hall–Kier alpha value is -1.62. The molecule has 2 rings (SSSR count). The van der Waals surface area contributed by atoms with Gasteiger partial charge in [0.15, 0.2) is 0 Å². The molecule has 0 atom stereocenters. The van der Waals surface area contributed by atoms with Gasteiger partial charge in [-0.1, -0.05) is 23.7 Å². The number of sulfonamides is 1. The van der Waals surface area contributed by atoms with Gasteiger partial charge in [-0.25, -0.2) is 13.1 Å². The Morgan fingerprint density at radius 3 is 2.42 bits per heavy atom. The van der Waals surface area contributed by atoms with Crippen molar-refractivity contribution in [2.24, 2.45) is 0 Å². The largest absolute Gasteiger partial charge is 0.418 e. The van der Waals surface area contributed by atoms with Crippen LogP contribution in [0, 0.1) is 0 Å². The third-order valence-corrected chi connectivity index (χ3v) is 5.87. The summed E-state index contributed by atoms with van der Waals surface area (Å²) in [6.45, 7) is -0.718. The highest BCUT2D eigenvalue weighted by Gasteiger charge is 2.33. The second-order valence-corrected chi connectivity index (χ2v) is 8.18. The van der Waals surface area contributed by atoms with Crippen LogP contribution in [0.25, 0.3) is 0 Å². The van der Waals surface area contributed by atoms with E-state index in [1.807, 2.05) is 10.0 Å². The minimum absolute atomic E-state index is 0.101. The van der Waals surface area contributed by atoms with Crippen molar-refractivity contribution >= 4 is 44.6 Å². The van der Waals surface area contributed by atoms with Crippen molar-refractivity contribution in [3.8, 4) is 0 Å². The number of carbonyl (C=O) groups excluding carboxylic acids is 1. The topological polar surface area (TPSA) is 75.3 Å². The van der Waals surface area contributed by atoms with Gasteiger partial charge in [-0.2, -0.15) is 13.2 Å². The van der Waals surface area contributed by atoms with Crippen LogP contribution in [0.2, 0.25) is 4.34 Å². The fourth-order valence-electron chi connectivity index (χ4n) is 1.71. The molecule has 2 aromatic rings. The zero-order valence-corrected chi connectivity index (χ0v) is 14.1. The molecule has 0 bridgehead atoms. The first-order chi connectivity index (χ1) is 11.1. The Labute approximate surface area is 144 Å². The number of anilines is 1. The summed E-state index contributed by atoms with van der Waals surface area (Å²) in [7, 11) is -3.96. The maximum atomic E-state index is 12.8. The first-order valence-electron chi connectivity index (χ1n) is 6.31. The monoisotopic (exact) mass is 398 g/mol. The normalized spacial score (nSPS) is 12.2. The molecule has 1 aromatic carbocycles. The van der Waals surface area contributed by atoms with E-state index < -0.39 is 39.9 Å². The number of rotatable bonds is 5. The Balaban J connectivity index is 2.05. The van der Waals surface area contributed by atoms with Crippen molar-refractivity contribution in [3.63, 3.8) is 0 Å². The number of thiophene rings is 1. The number of halogens is 4. The Morgan fingerprint density at radius 1 is 1.17 bits per heavy atom. The lowest BCUT2D eigenvalue weighted by atomic mass is 10.1. The van der Waals surface area contributed by atoms with Crippen LogP contribution in [0.4, 0.5) is 18.9 Å². The molecule has 0 saturated carbocycles. The third kappa shape index (κ3) is 4.69. The van der Waals surface area contributed by atoms with E-state index in [9.17, 15) is 26.4 Å². The van der Waals surface area contributed by atoms with Gasteiger partial charge in [0, 0.05) is 0 Å². The van der Waals surface area contributed by atoms with Crippen molar-refractivity contribution in [1.82, 2.24) is 4.72 Å². The van der Waals surface area contributed by atoms with E-state index in [4.69, 9.17) is 11.6 Å². The molecular formula is C13H10ClF3N2O3S2. The third-order valence-electron chi connectivity index (χ3n) is 2.74. The summed E-state index contributed by atoms with van der Waals surface area (Å²) in [4.78, 5) is 11.7. The maximum Gasteiger partial charge on any atom is 0.418 e. The molecule has 5 nitrogen and oxygen atoms in total. The highest BCUT2D eigenvalue weighted by atomic mass is 35.5. The number of benzene rings is 1. The standard InChI is InChI=1S/C13H10ClF3N2O3S2/c14-10-5-6-12(23-10)24(21,22)18-7-11(20)19-9-4-2-1-3-8(9)13(15,16)17/h1-6,18H,7H2,(H,19,20). The van der Waals surface area contributed by atoms with E-state index in [-0.39, 0.29) is 8.55 Å². The Bertz CT molecular complexity index is 850. The molecule has 0 fully saturated rings. The summed E-state index contributed by atoms with van der Waals surface area (Å²) < 4.78 is 64.4. The van der Waals surface area contributed by atoms with E-state index in [2.05, 4.69) is 0 Å². The van der Waals surface area contributed by atoms with E-state index in [1.165, 1.54) is 24.3 Å². The number of nitrogens with one attached hydrogen (secondary N) is 2. The smallest absolute Gasteiger partial charge is 0.324 e. The molecule has 0 aliphatic carbocycles. The minimum Gasteiger partial charge on any atom is -0.324 e. The van der Waals surface area contributed by atoms with Crippen LogP contribution in [0.5, 0.6) is 0 Å². The Morgan fingerprint density at radius 2 is 1.83 bits per heavy atom. The average molecular weight is 399 g/mol. The molecule has 0 radical (unpaired) electrons. The summed E-state index contributed by atoms with van der Waals surface area (Å²) >= 11 is 6.43. The summed E-state index contributed by atoms with van der Waals surface area (Å²) in [5.74, 6) is -0.932. The van der Waals surface area contributed by atoms with Crippen LogP contribution in [0.1, 0.15) is 5.56 Å². The number of hydrogen-bond acceptors (Lipinski definition) is 4. The van der Waals surface area contributed by atoms with E-state index in [0.717, 1.165) is 23.5 Å². The van der Waals surface area contributed by atoms with Crippen LogP contribution in [0.3, 0.4) is 0 Å². The van der Waals surface area contributed by atoms with Gasteiger partial charge in [0.2, 0.25) is 5.91 Å². The average Bonchev–Trinajstić information content (AvgIpc) is 2.92. The predicted octanol–water partition coefficient (Wildman–Crippen LogP) is 3.34. The molecule has 11 heteroatoms. The lowest BCUT2D eigenvalue weighted by Gasteiger charge is -2.13. The molecule has 130 valence electrons. The Kier molecular flexibility index (Phi) is 5.53. The second-order valence-electron chi connectivity index (χ2n) is 4.47. The first-order valence-corrected chi connectivity index (χ1v) is 8.98. The summed E-state index contributed by atoms with van der Waals surface area (Å²) in [6, 6.07) is 7.03. The molecule has 0 saturated heterocycles. The molecule has 1 heterocycles. The fourth-order valence-corrected chi connectivity index (χ4v) is 4.22. The molecule has 1 aromatic heterocycles. The predicted molar refractivity (Wildman–Crippen MR) is 84.6 cm³/mol. The van der Waals surface area contributed by atoms with Crippen molar-refractivity contribution in [3.05, 3.63) is 46.3 Å². The van der Waals surface area contributed by atoms with Crippen LogP contribution in [-0.2, 0) is 21.0 Å². The van der Waals surface area contributed by atoms with E-state index >= 15 is 0 Å². The van der Waals surface area contributed by atoms with Crippen molar-refractivity contribution < 1.29 is 26.4 Å². The summed E-state index contributed by atoms with van der Waals surface area (Å²) in [5, 5.41) is 2.04. The zero-order chi connectivity index (χ0) is 18.0. The molecule has 24 heavy (non-hydrogen) atoms. The molecule has 0 spiro atoms. The SMILES string of the molecule is O=C(CNS(=O)(=O)c1ccc(Cl)s1)Nc1ccccc1C(F)(F)F. The van der Waals surface area contributed by atoms with Gasteiger partial charge in [0.1, 0.15) is 4.21 Å². The van der Waals surface area contributed by atoms with Gasteiger partial charge in [0.05, 0.1) is 22.1 Å². The number of hydrogen-bond donors (Lipinski definition) is 2. The van der Waals surface area contributed by atoms with Gasteiger partial charge in [-0.15, -0.1) is 11.3 Å². The first kappa shape index (κ1) is 18.7. The van der Waals surface area contributed by atoms with Crippen molar-refractivity contribution in [2.45, 2.75) is 10.4 Å². The molecule has 0 aliphatic rings. The van der Waals surface area contributed by atoms with Gasteiger partial charge in [-0.3, -0.25) is 4.79 Å². The quantitative estimate of drug-likeness (QED) is 0.811. The van der Waals surface area contributed by atoms with E-state index in [1.54, 1.807) is 0 Å². The van der Waals surface area contributed by atoms with Gasteiger partial charge < -0.3 is 5.32 Å². The van der Waals surface area contributed by atoms with Crippen LogP contribution in [0.15, 0.2) is 40.6 Å². The highest BCUT2D eigenvalue weighted by molar-refractivity contribution is 7.91. The number of para-hydroxylation sites is 1. The molecule has 2 N–H and O–H groups in total. The lowest BCUT2D eigenvalue weighted by Crippen LogP contribution is -2.33. The molecule has 0 aliphatic heterocycles. The van der Waals surface area contributed by atoms with E-state index in [0.29, 0.717) is 0 Å². The lowest BCUT2D eigenvalue weighted by molar-refractivity contribution is -0.137. The highest BCUT2D eigenvalue weighted by Crippen LogP contribution is 2.34. The summed E-state index contributed by atoms with van der Waals surface area (Å²) in [6.07, 6.45) is -4.64. The fraction of sp³-hybridized carbons (Fsp3) is 0.154. The minimum atomic E-state index is -4.64. The van der Waals surface area contributed by atoms with Crippen LogP contribution >= 0.6 is 22.9 Å². The van der Waals surface area contributed by atoms with Crippen LogP contribution in [-0.4, -0.2) is 20.9 Å². The summed E-state index contributed by atoms with van der Waals surface area (Å²) in [5.41, 5.74) is -1.47. The second kappa shape index (κ2) is 7.09. The molecular weight excluding hydrogens is 389 g/mol. The van der Waals surface area contributed by atoms with Gasteiger partial charge in [0.25, 0.3) is 10.0 Å². The maximum absolute atomic E-state index is 12.8. The van der Waals surface area contributed by atoms with Gasteiger partial charge in [-0.05, 0) is 24.3 Å². The van der Waals surface area contributed by atoms with Crippen molar-refractivity contribution in [2.75, 3.05) is 11.9 Å². The number of amides is 1. The van der Waals surface area contributed by atoms with Crippen LogP contribution < -0.4 is 10.0 Å². The number of alkyl halides is 3.